The smallest absolute Gasteiger partial charge is 0.365 e. The normalized spacial score (nSPS) is 11.8. The SMILES string of the molecule is CC(=N)c1c(NCc2ccc(C(F)(F)F)nc2)ncc(C(=O)Nc2ccc(C(F)(F)F)cc2)c1Cl. The van der Waals surface area contributed by atoms with E-state index in [9.17, 15) is 31.1 Å². The topological polar surface area (TPSA) is 90.8 Å². The molecule has 0 atom stereocenters. The molecule has 0 aliphatic carbocycles. The standard InChI is InChI=1S/C22H16ClF6N5O/c1-11(30)17-18(23)15(20(35)34-14-5-3-13(4-6-14)21(24,25)26)10-33-19(17)32-9-12-2-7-16(31-8-12)22(27,28)29/h2-8,10,30H,9H2,1H3,(H,32,33)(H,34,35). The molecule has 0 fully saturated rings. The molecular formula is C22H16ClF6N5O. The lowest BCUT2D eigenvalue weighted by Crippen LogP contribution is -2.16. The Kier molecular flexibility index (Phi) is 7.34. The third kappa shape index (κ3) is 6.27. The number of benzene rings is 1. The highest BCUT2D eigenvalue weighted by Crippen LogP contribution is 2.31. The number of carbonyl (C=O) groups is 1. The van der Waals surface area contributed by atoms with E-state index in [1.54, 1.807) is 0 Å². The van der Waals surface area contributed by atoms with E-state index in [1.807, 2.05) is 0 Å². The van der Waals surface area contributed by atoms with Crippen molar-refractivity contribution in [3.8, 4) is 0 Å². The van der Waals surface area contributed by atoms with Crippen LogP contribution in [0.25, 0.3) is 0 Å². The molecule has 13 heteroatoms. The summed E-state index contributed by atoms with van der Waals surface area (Å²) in [7, 11) is 0. The predicted molar refractivity (Wildman–Crippen MR) is 118 cm³/mol. The molecule has 0 radical (unpaired) electrons. The zero-order chi connectivity index (χ0) is 26.0. The maximum Gasteiger partial charge on any atom is 0.433 e. The first kappa shape index (κ1) is 25.9. The number of carbonyl (C=O) groups excluding carboxylic acids is 1. The number of hydrogen-bond acceptors (Lipinski definition) is 5. The Morgan fingerprint density at radius 3 is 2.14 bits per heavy atom. The van der Waals surface area contributed by atoms with E-state index in [0.29, 0.717) is 5.56 Å². The van der Waals surface area contributed by atoms with Crippen LogP contribution >= 0.6 is 11.6 Å². The van der Waals surface area contributed by atoms with Gasteiger partial charge in [0, 0.05) is 30.3 Å². The van der Waals surface area contributed by atoms with Crippen LogP contribution in [0.3, 0.4) is 0 Å². The largest absolute Gasteiger partial charge is 0.433 e. The number of amides is 1. The van der Waals surface area contributed by atoms with Gasteiger partial charge in [-0.1, -0.05) is 17.7 Å². The van der Waals surface area contributed by atoms with Gasteiger partial charge in [-0.3, -0.25) is 9.78 Å². The molecule has 0 aliphatic rings. The quantitative estimate of drug-likeness (QED) is 0.261. The number of hydrogen-bond donors (Lipinski definition) is 3. The second-order valence-electron chi connectivity index (χ2n) is 7.27. The summed E-state index contributed by atoms with van der Waals surface area (Å²) in [4.78, 5) is 20.1. The van der Waals surface area contributed by atoms with Gasteiger partial charge in [0.1, 0.15) is 11.5 Å². The van der Waals surface area contributed by atoms with Crippen LogP contribution in [-0.4, -0.2) is 21.6 Å². The summed E-state index contributed by atoms with van der Waals surface area (Å²) < 4.78 is 76.1. The van der Waals surface area contributed by atoms with Gasteiger partial charge in [0.15, 0.2) is 0 Å². The van der Waals surface area contributed by atoms with E-state index in [4.69, 9.17) is 17.0 Å². The van der Waals surface area contributed by atoms with E-state index in [-0.39, 0.29) is 39.9 Å². The van der Waals surface area contributed by atoms with E-state index in [1.165, 1.54) is 13.0 Å². The summed E-state index contributed by atoms with van der Waals surface area (Å²) in [6.07, 6.45) is -6.94. The Morgan fingerprint density at radius 2 is 1.63 bits per heavy atom. The number of rotatable bonds is 6. The average molecular weight is 516 g/mol. The number of nitrogens with one attached hydrogen (secondary N) is 3. The van der Waals surface area contributed by atoms with Crippen LogP contribution < -0.4 is 10.6 Å². The lowest BCUT2D eigenvalue weighted by molar-refractivity contribution is -0.141. The highest BCUT2D eigenvalue weighted by Gasteiger charge is 2.32. The zero-order valence-electron chi connectivity index (χ0n) is 17.8. The molecule has 3 aromatic rings. The van der Waals surface area contributed by atoms with Crippen molar-refractivity contribution in [3.05, 3.63) is 81.8 Å². The second-order valence-corrected chi connectivity index (χ2v) is 7.64. The molecule has 2 heterocycles. The lowest BCUT2D eigenvalue weighted by Gasteiger charge is -2.15. The van der Waals surface area contributed by atoms with Crippen molar-refractivity contribution in [2.75, 3.05) is 10.6 Å². The maximum atomic E-state index is 12.7. The monoisotopic (exact) mass is 515 g/mol. The van der Waals surface area contributed by atoms with Gasteiger partial charge < -0.3 is 16.0 Å². The summed E-state index contributed by atoms with van der Waals surface area (Å²) in [5.74, 6) is -0.656. The molecule has 3 N–H and O–H groups in total. The first-order valence-corrected chi connectivity index (χ1v) is 10.1. The fourth-order valence-electron chi connectivity index (χ4n) is 2.95. The van der Waals surface area contributed by atoms with Gasteiger partial charge in [-0.15, -0.1) is 0 Å². The second kappa shape index (κ2) is 9.90. The molecule has 35 heavy (non-hydrogen) atoms. The molecule has 0 saturated carbocycles. The first-order valence-electron chi connectivity index (χ1n) is 9.76. The molecule has 1 amide bonds. The number of anilines is 2. The summed E-state index contributed by atoms with van der Waals surface area (Å²) in [6.45, 7) is 1.40. The molecule has 6 nitrogen and oxygen atoms in total. The van der Waals surface area contributed by atoms with Gasteiger partial charge in [0.2, 0.25) is 0 Å². The van der Waals surface area contributed by atoms with Crippen molar-refractivity contribution in [3.63, 3.8) is 0 Å². The Hall–Kier alpha value is -3.67. The van der Waals surface area contributed by atoms with Crippen LogP contribution in [0.2, 0.25) is 5.02 Å². The molecule has 0 spiro atoms. The van der Waals surface area contributed by atoms with E-state index in [0.717, 1.165) is 42.7 Å². The number of aromatic nitrogens is 2. The number of halogens is 7. The Morgan fingerprint density at radius 1 is 0.971 bits per heavy atom. The van der Waals surface area contributed by atoms with Gasteiger partial charge in [0.05, 0.1) is 21.7 Å². The van der Waals surface area contributed by atoms with E-state index >= 15 is 0 Å². The third-order valence-corrected chi connectivity index (χ3v) is 5.07. The average Bonchev–Trinajstić information content (AvgIpc) is 2.76. The Labute approximate surface area is 199 Å². The molecule has 1 aromatic carbocycles. The minimum atomic E-state index is -4.57. The van der Waals surface area contributed by atoms with Gasteiger partial charge in [-0.05, 0) is 42.8 Å². The van der Waals surface area contributed by atoms with Crippen molar-refractivity contribution in [2.24, 2.45) is 0 Å². The lowest BCUT2D eigenvalue weighted by atomic mass is 10.1. The summed E-state index contributed by atoms with van der Waals surface area (Å²) >= 11 is 6.34. The van der Waals surface area contributed by atoms with Crippen molar-refractivity contribution < 1.29 is 31.1 Å². The molecule has 3 rings (SSSR count). The Balaban J connectivity index is 1.78. The summed E-state index contributed by atoms with van der Waals surface area (Å²) in [5, 5.41) is 13.1. The van der Waals surface area contributed by atoms with Crippen LogP contribution in [0.4, 0.5) is 37.8 Å². The number of nitrogens with zero attached hydrogens (tertiary/aromatic N) is 2. The van der Waals surface area contributed by atoms with Crippen molar-refractivity contribution in [2.45, 2.75) is 25.8 Å². The third-order valence-electron chi connectivity index (χ3n) is 4.68. The van der Waals surface area contributed by atoms with Gasteiger partial charge in [-0.2, -0.15) is 26.3 Å². The number of alkyl halides is 6. The zero-order valence-corrected chi connectivity index (χ0v) is 18.5. The molecule has 0 bridgehead atoms. The maximum absolute atomic E-state index is 12.7. The Bertz CT molecular complexity index is 1240. The molecule has 0 saturated heterocycles. The van der Waals surface area contributed by atoms with Gasteiger partial charge >= 0.3 is 12.4 Å². The fraction of sp³-hybridized carbons (Fsp3) is 0.182. The summed E-state index contributed by atoms with van der Waals surface area (Å²) in [6, 6.07) is 5.84. The van der Waals surface area contributed by atoms with Crippen molar-refractivity contribution in [1.82, 2.24) is 9.97 Å². The van der Waals surface area contributed by atoms with Crippen LogP contribution in [0, 0.1) is 5.41 Å². The van der Waals surface area contributed by atoms with E-state index < -0.39 is 29.5 Å². The molecular weight excluding hydrogens is 500 g/mol. The van der Waals surface area contributed by atoms with E-state index in [2.05, 4.69) is 20.6 Å². The number of pyridine rings is 2. The summed E-state index contributed by atoms with van der Waals surface area (Å²) in [5.41, 5.74) is -1.54. The van der Waals surface area contributed by atoms with Crippen molar-refractivity contribution in [1.29, 1.82) is 5.41 Å². The highest BCUT2D eigenvalue weighted by molar-refractivity contribution is 6.38. The molecule has 0 unspecified atom stereocenters. The van der Waals surface area contributed by atoms with Gasteiger partial charge in [0.25, 0.3) is 5.91 Å². The van der Waals surface area contributed by atoms with Crippen LogP contribution in [-0.2, 0) is 18.9 Å². The van der Waals surface area contributed by atoms with Crippen LogP contribution in [0.5, 0.6) is 0 Å². The predicted octanol–water partition coefficient (Wildman–Crippen LogP) is 6.42. The fourth-order valence-corrected chi connectivity index (χ4v) is 3.31. The van der Waals surface area contributed by atoms with Gasteiger partial charge in [-0.25, -0.2) is 4.98 Å². The highest BCUT2D eigenvalue weighted by atomic mass is 35.5. The van der Waals surface area contributed by atoms with Crippen LogP contribution in [0.1, 0.15) is 39.7 Å². The van der Waals surface area contributed by atoms with Crippen LogP contribution in [0.15, 0.2) is 48.8 Å². The molecule has 2 aromatic heterocycles. The molecule has 0 aliphatic heterocycles. The van der Waals surface area contributed by atoms with Crippen molar-refractivity contribution >= 4 is 34.7 Å². The minimum Gasteiger partial charge on any atom is -0.365 e. The minimum absolute atomic E-state index is 0.00580. The first-order chi connectivity index (χ1) is 16.3. The molecule has 184 valence electrons.